The second kappa shape index (κ2) is 7.68. The Kier molecular flexibility index (Phi) is 4.88. The van der Waals surface area contributed by atoms with Crippen molar-refractivity contribution in [2.45, 2.75) is 45.6 Å². The quantitative estimate of drug-likeness (QED) is 0.697. The van der Waals surface area contributed by atoms with E-state index in [4.69, 9.17) is 5.10 Å². The molecule has 3 aromatic rings. The third-order valence-electron chi connectivity index (χ3n) is 6.50. The normalized spacial score (nSPS) is 17.3. The van der Waals surface area contributed by atoms with Gasteiger partial charge in [-0.3, -0.25) is 4.90 Å². The van der Waals surface area contributed by atoms with Crippen molar-refractivity contribution in [3.63, 3.8) is 0 Å². The first kappa shape index (κ1) is 18.4. The van der Waals surface area contributed by atoms with Gasteiger partial charge in [-0.25, -0.2) is 4.68 Å². The van der Waals surface area contributed by atoms with Crippen LogP contribution in [0.5, 0.6) is 0 Å². The molecular formula is C25H30N4. The topological polar surface area (TPSA) is 33.1 Å². The van der Waals surface area contributed by atoms with Gasteiger partial charge in [0.15, 0.2) is 0 Å². The Labute approximate surface area is 173 Å². The van der Waals surface area contributed by atoms with E-state index >= 15 is 0 Å². The van der Waals surface area contributed by atoms with Crippen LogP contribution in [-0.2, 0) is 13.0 Å². The standard InChI is InChI=1S/C25H30N4/c1-18-8-9-19(2)23(16-18)29-25-22(10-13-26-25)24(27-29)21-11-14-28(15-12-21)17-20-6-4-3-5-7-20/h3-9,16,21,26H,10-15,17H2,1-2H3. The van der Waals surface area contributed by atoms with Gasteiger partial charge in [-0.15, -0.1) is 0 Å². The average Bonchev–Trinajstić information content (AvgIpc) is 3.34. The molecule has 1 N–H and O–H groups in total. The average molecular weight is 387 g/mol. The van der Waals surface area contributed by atoms with E-state index in [9.17, 15) is 0 Å². The first-order valence-electron chi connectivity index (χ1n) is 10.9. The molecule has 0 radical (unpaired) electrons. The number of aryl methyl sites for hydroxylation is 2. The lowest BCUT2D eigenvalue weighted by atomic mass is 9.90. The molecule has 0 saturated carbocycles. The van der Waals surface area contributed by atoms with E-state index in [0.29, 0.717) is 5.92 Å². The minimum absolute atomic E-state index is 0.571. The monoisotopic (exact) mass is 386 g/mol. The number of aromatic nitrogens is 2. The van der Waals surface area contributed by atoms with Crippen molar-refractivity contribution in [2.24, 2.45) is 0 Å². The summed E-state index contributed by atoms with van der Waals surface area (Å²) < 4.78 is 2.18. The summed E-state index contributed by atoms with van der Waals surface area (Å²) >= 11 is 0. The number of nitrogens with zero attached hydrogens (tertiary/aromatic N) is 3. The van der Waals surface area contributed by atoms with Gasteiger partial charge in [-0.2, -0.15) is 5.10 Å². The molecule has 0 unspecified atom stereocenters. The predicted octanol–water partition coefficient (Wildman–Crippen LogP) is 4.84. The zero-order chi connectivity index (χ0) is 19.8. The highest BCUT2D eigenvalue weighted by Crippen LogP contribution is 2.37. The molecule has 1 fully saturated rings. The van der Waals surface area contributed by atoms with Crippen LogP contribution in [0.4, 0.5) is 5.82 Å². The van der Waals surface area contributed by atoms with E-state index in [1.54, 1.807) is 0 Å². The van der Waals surface area contributed by atoms with Crippen molar-refractivity contribution in [3.8, 4) is 5.69 Å². The minimum atomic E-state index is 0.571. The highest BCUT2D eigenvalue weighted by Gasteiger charge is 2.30. The van der Waals surface area contributed by atoms with Crippen molar-refractivity contribution in [2.75, 3.05) is 25.0 Å². The Balaban J connectivity index is 1.37. The molecule has 0 aliphatic carbocycles. The summed E-state index contributed by atoms with van der Waals surface area (Å²) in [5.74, 6) is 1.79. The molecule has 2 aromatic carbocycles. The molecule has 0 atom stereocenters. The van der Waals surface area contributed by atoms with E-state index in [2.05, 4.69) is 77.3 Å². The van der Waals surface area contributed by atoms with E-state index in [1.807, 2.05) is 0 Å². The van der Waals surface area contributed by atoms with Crippen LogP contribution in [0.2, 0.25) is 0 Å². The molecular weight excluding hydrogens is 356 g/mol. The third kappa shape index (κ3) is 3.58. The third-order valence-corrected chi connectivity index (χ3v) is 6.50. The van der Waals surface area contributed by atoms with Crippen LogP contribution in [0.15, 0.2) is 48.5 Å². The molecule has 1 aromatic heterocycles. The van der Waals surface area contributed by atoms with E-state index in [1.165, 1.54) is 52.3 Å². The van der Waals surface area contributed by atoms with Crippen LogP contribution in [0.1, 0.15) is 46.7 Å². The lowest BCUT2D eigenvalue weighted by Gasteiger charge is -2.31. The Morgan fingerprint density at radius 2 is 1.83 bits per heavy atom. The summed E-state index contributed by atoms with van der Waals surface area (Å²) in [6.07, 6.45) is 3.49. The van der Waals surface area contributed by atoms with Crippen molar-refractivity contribution in [1.29, 1.82) is 0 Å². The van der Waals surface area contributed by atoms with Crippen LogP contribution in [-0.4, -0.2) is 34.3 Å². The van der Waals surface area contributed by atoms with Crippen LogP contribution in [0, 0.1) is 13.8 Å². The number of nitrogens with one attached hydrogen (secondary N) is 1. The Morgan fingerprint density at radius 1 is 1.03 bits per heavy atom. The second-order valence-corrected chi connectivity index (χ2v) is 8.63. The molecule has 3 heterocycles. The van der Waals surface area contributed by atoms with Crippen LogP contribution in [0.3, 0.4) is 0 Å². The number of rotatable bonds is 4. The summed E-state index contributed by atoms with van der Waals surface area (Å²) in [6.45, 7) is 8.72. The molecule has 150 valence electrons. The van der Waals surface area contributed by atoms with Gasteiger partial charge in [0, 0.05) is 24.6 Å². The molecule has 0 bridgehead atoms. The lowest BCUT2D eigenvalue weighted by Crippen LogP contribution is -2.32. The molecule has 2 aliphatic heterocycles. The van der Waals surface area contributed by atoms with Gasteiger partial charge in [0.25, 0.3) is 0 Å². The predicted molar refractivity (Wildman–Crippen MR) is 119 cm³/mol. The fourth-order valence-corrected chi connectivity index (χ4v) is 4.86. The SMILES string of the molecule is Cc1ccc(C)c(-n2nc(C3CCN(Cc4ccccc4)CC3)c3c2NCC3)c1. The molecule has 2 aliphatic rings. The Hall–Kier alpha value is -2.59. The first-order valence-corrected chi connectivity index (χ1v) is 10.9. The fraction of sp³-hybridized carbons (Fsp3) is 0.400. The highest BCUT2D eigenvalue weighted by atomic mass is 15.3. The summed E-state index contributed by atoms with van der Waals surface area (Å²) in [4.78, 5) is 2.59. The van der Waals surface area contributed by atoms with Crippen molar-refractivity contribution in [3.05, 3.63) is 76.5 Å². The molecule has 29 heavy (non-hydrogen) atoms. The summed E-state index contributed by atoms with van der Waals surface area (Å²) in [5.41, 5.74) is 7.97. The van der Waals surface area contributed by atoms with Gasteiger partial charge in [0.1, 0.15) is 5.82 Å². The number of likely N-dealkylation sites (tertiary alicyclic amines) is 1. The van der Waals surface area contributed by atoms with E-state index < -0.39 is 0 Å². The van der Waals surface area contributed by atoms with Gasteiger partial charge >= 0.3 is 0 Å². The smallest absolute Gasteiger partial charge is 0.133 e. The zero-order valence-electron chi connectivity index (χ0n) is 17.5. The maximum Gasteiger partial charge on any atom is 0.133 e. The van der Waals surface area contributed by atoms with Gasteiger partial charge in [0.2, 0.25) is 0 Å². The number of anilines is 1. The van der Waals surface area contributed by atoms with Crippen LogP contribution < -0.4 is 5.32 Å². The lowest BCUT2D eigenvalue weighted by molar-refractivity contribution is 0.203. The van der Waals surface area contributed by atoms with Crippen molar-refractivity contribution >= 4 is 5.82 Å². The van der Waals surface area contributed by atoms with Gasteiger partial charge in [-0.05, 0) is 69.0 Å². The summed E-state index contributed by atoms with van der Waals surface area (Å²) in [7, 11) is 0. The van der Waals surface area contributed by atoms with E-state index in [-0.39, 0.29) is 0 Å². The maximum atomic E-state index is 5.17. The minimum Gasteiger partial charge on any atom is -0.369 e. The number of piperidine rings is 1. The van der Waals surface area contributed by atoms with Crippen molar-refractivity contribution in [1.82, 2.24) is 14.7 Å². The van der Waals surface area contributed by atoms with Crippen molar-refractivity contribution < 1.29 is 0 Å². The second-order valence-electron chi connectivity index (χ2n) is 8.63. The summed E-state index contributed by atoms with van der Waals surface area (Å²) in [6, 6.07) is 17.5. The summed E-state index contributed by atoms with van der Waals surface area (Å²) in [5, 5.41) is 8.78. The Morgan fingerprint density at radius 3 is 2.62 bits per heavy atom. The molecule has 0 spiro atoms. The Bertz CT molecular complexity index is 997. The van der Waals surface area contributed by atoms with Gasteiger partial charge in [0.05, 0.1) is 11.4 Å². The molecule has 5 rings (SSSR count). The molecule has 1 saturated heterocycles. The van der Waals surface area contributed by atoms with Crippen LogP contribution >= 0.6 is 0 Å². The van der Waals surface area contributed by atoms with E-state index in [0.717, 1.165) is 32.6 Å². The molecule has 0 amide bonds. The van der Waals surface area contributed by atoms with Gasteiger partial charge < -0.3 is 5.32 Å². The number of benzene rings is 2. The molecule has 4 nitrogen and oxygen atoms in total. The highest BCUT2D eigenvalue weighted by molar-refractivity contribution is 5.59. The number of hydrogen-bond donors (Lipinski definition) is 1. The first-order chi connectivity index (χ1) is 14.2. The largest absolute Gasteiger partial charge is 0.369 e. The molecule has 4 heteroatoms. The fourth-order valence-electron chi connectivity index (χ4n) is 4.86. The number of fused-ring (bicyclic) bond motifs is 1. The zero-order valence-corrected chi connectivity index (χ0v) is 17.5. The number of hydrogen-bond acceptors (Lipinski definition) is 3. The maximum absolute atomic E-state index is 5.17. The van der Waals surface area contributed by atoms with Crippen LogP contribution in [0.25, 0.3) is 5.69 Å². The van der Waals surface area contributed by atoms with Gasteiger partial charge in [-0.1, -0.05) is 42.5 Å².